The molecular formula is C21H24ClN5O2. The van der Waals surface area contributed by atoms with Gasteiger partial charge < -0.3 is 10.2 Å². The number of rotatable bonds is 4. The minimum absolute atomic E-state index is 0. The Morgan fingerprint density at radius 1 is 1.17 bits per heavy atom. The third-order valence-electron chi connectivity index (χ3n) is 5.25. The number of piperazine rings is 1. The van der Waals surface area contributed by atoms with Crippen molar-refractivity contribution in [2.75, 3.05) is 19.6 Å². The molecule has 0 radical (unpaired) electrons. The van der Waals surface area contributed by atoms with Crippen molar-refractivity contribution >= 4 is 29.2 Å². The molecule has 152 valence electrons. The molecule has 4 rings (SSSR count). The molecule has 0 spiro atoms. The minimum atomic E-state index is -0.294. The first kappa shape index (κ1) is 21.0. The van der Waals surface area contributed by atoms with Crippen LogP contribution in [0.5, 0.6) is 0 Å². The van der Waals surface area contributed by atoms with Crippen LogP contribution in [0.3, 0.4) is 0 Å². The van der Waals surface area contributed by atoms with Crippen LogP contribution in [0.2, 0.25) is 0 Å². The summed E-state index contributed by atoms with van der Waals surface area (Å²) in [4.78, 5) is 27.5. The van der Waals surface area contributed by atoms with Crippen LogP contribution in [0.4, 0.5) is 0 Å². The summed E-state index contributed by atoms with van der Waals surface area (Å²) >= 11 is 0. The highest BCUT2D eigenvalue weighted by Crippen LogP contribution is 2.23. The van der Waals surface area contributed by atoms with Gasteiger partial charge in [0, 0.05) is 19.6 Å². The Labute approximate surface area is 175 Å². The van der Waals surface area contributed by atoms with Crippen LogP contribution in [0.25, 0.3) is 10.9 Å². The van der Waals surface area contributed by atoms with Gasteiger partial charge in [-0.25, -0.2) is 4.68 Å². The predicted molar refractivity (Wildman–Crippen MR) is 114 cm³/mol. The van der Waals surface area contributed by atoms with Crippen molar-refractivity contribution in [3.8, 4) is 0 Å². The first-order valence-electron chi connectivity index (χ1n) is 9.59. The molecule has 2 heterocycles. The molecule has 1 aliphatic rings. The van der Waals surface area contributed by atoms with Crippen LogP contribution in [0.15, 0.2) is 53.3 Å². The molecule has 0 saturated carbocycles. The number of carbonyl (C=O) groups excluding carboxylic acids is 1. The quantitative estimate of drug-likeness (QED) is 0.707. The maximum atomic E-state index is 13.0. The van der Waals surface area contributed by atoms with Gasteiger partial charge in [0.15, 0.2) is 0 Å². The molecule has 3 aromatic rings. The largest absolute Gasteiger partial charge is 0.331 e. The van der Waals surface area contributed by atoms with Crippen molar-refractivity contribution in [2.24, 2.45) is 0 Å². The fourth-order valence-electron chi connectivity index (χ4n) is 3.62. The second-order valence-corrected chi connectivity index (χ2v) is 6.97. The van der Waals surface area contributed by atoms with Gasteiger partial charge in [-0.3, -0.25) is 9.59 Å². The van der Waals surface area contributed by atoms with E-state index in [-0.39, 0.29) is 36.5 Å². The number of nitrogens with zero attached hydrogens (tertiary/aromatic N) is 4. The standard InChI is InChI=1S/C21H23N5O2.ClH/c1-2-15-7-9-16(10-8-15)19-13-22-11-12-25(19)20(27)14-26-21(28)17-5-3-4-6-18(17)23-24-26;/h3-10,19,22H,2,11-14H2,1H3;1H. The van der Waals surface area contributed by atoms with Gasteiger partial charge in [0.05, 0.1) is 11.4 Å². The summed E-state index contributed by atoms with van der Waals surface area (Å²) in [6.07, 6.45) is 0.982. The van der Waals surface area contributed by atoms with E-state index in [0.29, 0.717) is 24.0 Å². The Kier molecular flexibility index (Phi) is 6.61. The lowest BCUT2D eigenvalue weighted by Gasteiger charge is -2.36. The van der Waals surface area contributed by atoms with Crippen molar-refractivity contribution in [1.82, 2.24) is 25.2 Å². The van der Waals surface area contributed by atoms with E-state index >= 15 is 0 Å². The van der Waals surface area contributed by atoms with Gasteiger partial charge >= 0.3 is 0 Å². The van der Waals surface area contributed by atoms with Crippen LogP contribution in [0, 0.1) is 0 Å². The monoisotopic (exact) mass is 413 g/mol. The second-order valence-electron chi connectivity index (χ2n) is 6.97. The summed E-state index contributed by atoms with van der Waals surface area (Å²) in [6, 6.07) is 15.3. The molecule has 0 aliphatic carbocycles. The molecule has 8 heteroatoms. The lowest BCUT2D eigenvalue weighted by molar-refractivity contribution is -0.135. The Bertz CT molecular complexity index is 1050. The van der Waals surface area contributed by atoms with Gasteiger partial charge in [-0.05, 0) is 29.7 Å². The van der Waals surface area contributed by atoms with Gasteiger partial charge in [0.25, 0.3) is 5.56 Å². The summed E-state index contributed by atoms with van der Waals surface area (Å²) in [5.74, 6) is -0.127. The molecule has 1 N–H and O–H groups in total. The molecule has 7 nitrogen and oxygen atoms in total. The van der Waals surface area contributed by atoms with Gasteiger partial charge in [-0.2, -0.15) is 0 Å². The molecule has 0 bridgehead atoms. The molecule has 1 aromatic heterocycles. The van der Waals surface area contributed by atoms with Crippen molar-refractivity contribution in [3.63, 3.8) is 0 Å². The van der Waals surface area contributed by atoms with E-state index in [1.54, 1.807) is 24.3 Å². The summed E-state index contributed by atoms with van der Waals surface area (Å²) in [5.41, 5.74) is 2.60. The van der Waals surface area contributed by atoms with E-state index in [4.69, 9.17) is 0 Å². The molecule has 2 aromatic carbocycles. The zero-order valence-corrected chi connectivity index (χ0v) is 17.1. The molecular weight excluding hydrogens is 390 g/mol. The maximum Gasteiger partial charge on any atom is 0.278 e. The number of hydrogen-bond donors (Lipinski definition) is 1. The van der Waals surface area contributed by atoms with Crippen LogP contribution in [-0.4, -0.2) is 45.4 Å². The fraction of sp³-hybridized carbons (Fsp3) is 0.333. The maximum absolute atomic E-state index is 13.0. The van der Waals surface area contributed by atoms with Crippen LogP contribution in [0.1, 0.15) is 24.1 Å². The number of aryl methyl sites for hydroxylation is 1. The fourth-order valence-corrected chi connectivity index (χ4v) is 3.62. The zero-order valence-electron chi connectivity index (χ0n) is 16.2. The molecule has 1 amide bonds. The number of carbonyl (C=O) groups is 1. The van der Waals surface area contributed by atoms with E-state index < -0.39 is 0 Å². The number of amides is 1. The van der Waals surface area contributed by atoms with E-state index in [1.165, 1.54) is 5.56 Å². The Balaban J connectivity index is 0.00000240. The minimum Gasteiger partial charge on any atom is -0.331 e. The smallest absolute Gasteiger partial charge is 0.278 e. The van der Waals surface area contributed by atoms with Crippen molar-refractivity contribution in [1.29, 1.82) is 0 Å². The Hall–Kier alpha value is -2.77. The summed E-state index contributed by atoms with van der Waals surface area (Å²) < 4.78 is 1.16. The van der Waals surface area contributed by atoms with Crippen LogP contribution in [-0.2, 0) is 17.8 Å². The number of nitrogens with one attached hydrogen (secondary N) is 1. The SMILES string of the molecule is CCc1ccc(C2CNCCN2C(=O)Cn2nnc3ccccc3c2=O)cc1.Cl. The number of halogens is 1. The summed E-state index contributed by atoms with van der Waals surface area (Å²) in [6.45, 7) is 4.02. The summed E-state index contributed by atoms with van der Waals surface area (Å²) in [7, 11) is 0. The average molecular weight is 414 g/mol. The molecule has 1 unspecified atom stereocenters. The molecule has 1 fully saturated rings. The van der Waals surface area contributed by atoms with Crippen LogP contribution < -0.4 is 10.9 Å². The van der Waals surface area contributed by atoms with E-state index in [1.807, 2.05) is 4.90 Å². The molecule has 29 heavy (non-hydrogen) atoms. The van der Waals surface area contributed by atoms with E-state index in [2.05, 4.69) is 46.8 Å². The zero-order chi connectivity index (χ0) is 19.5. The first-order valence-corrected chi connectivity index (χ1v) is 9.59. The lowest BCUT2D eigenvalue weighted by Crippen LogP contribution is -2.50. The topological polar surface area (TPSA) is 80.1 Å². The van der Waals surface area contributed by atoms with Gasteiger partial charge in [-0.15, -0.1) is 17.5 Å². The molecule has 1 aliphatic heterocycles. The second kappa shape index (κ2) is 9.15. The highest BCUT2D eigenvalue weighted by atomic mass is 35.5. The lowest BCUT2D eigenvalue weighted by atomic mass is 10.0. The number of aromatic nitrogens is 3. The van der Waals surface area contributed by atoms with Gasteiger partial charge in [0.1, 0.15) is 12.1 Å². The third kappa shape index (κ3) is 4.31. The van der Waals surface area contributed by atoms with Gasteiger partial charge in [0.2, 0.25) is 5.91 Å². The summed E-state index contributed by atoms with van der Waals surface area (Å²) in [5, 5.41) is 11.8. The molecule has 1 saturated heterocycles. The predicted octanol–water partition coefficient (Wildman–Crippen LogP) is 1.95. The van der Waals surface area contributed by atoms with Crippen molar-refractivity contribution in [3.05, 3.63) is 70.0 Å². The van der Waals surface area contributed by atoms with Crippen LogP contribution >= 0.6 is 12.4 Å². The average Bonchev–Trinajstić information content (AvgIpc) is 2.76. The normalized spacial score (nSPS) is 16.4. The van der Waals surface area contributed by atoms with E-state index in [0.717, 1.165) is 23.2 Å². The van der Waals surface area contributed by atoms with E-state index in [9.17, 15) is 9.59 Å². The Morgan fingerprint density at radius 3 is 2.69 bits per heavy atom. The number of fused-ring (bicyclic) bond motifs is 1. The first-order chi connectivity index (χ1) is 13.7. The highest BCUT2D eigenvalue weighted by molar-refractivity contribution is 5.85. The van der Waals surface area contributed by atoms with Crippen molar-refractivity contribution < 1.29 is 4.79 Å². The number of benzene rings is 2. The number of hydrogen-bond acceptors (Lipinski definition) is 5. The van der Waals surface area contributed by atoms with Gasteiger partial charge in [-0.1, -0.05) is 48.5 Å². The Morgan fingerprint density at radius 2 is 1.93 bits per heavy atom. The third-order valence-corrected chi connectivity index (χ3v) is 5.25. The molecule has 1 atom stereocenters. The van der Waals surface area contributed by atoms with Crippen molar-refractivity contribution in [2.45, 2.75) is 25.9 Å². The highest BCUT2D eigenvalue weighted by Gasteiger charge is 2.28.